The number of halogens is 1. The van der Waals surface area contributed by atoms with Crippen LogP contribution in [-0.4, -0.2) is 22.2 Å². The van der Waals surface area contributed by atoms with Crippen LogP contribution in [0.4, 0.5) is 4.39 Å². The van der Waals surface area contributed by atoms with Crippen molar-refractivity contribution in [2.24, 2.45) is 5.73 Å². The summed E-state index contributed by atoms with van der Waals surface area (Å²) in [5, 5.41) is 17.5. The third-order valence-corrected chi connectivity index (χ3v) is 1.72. The van der Waals surface area contributed by atoms with Gasteiger partial charge in [-0.15, -0.1) is 0 Å². The molecular formula is C9H10FNO3. The number of nitrogens with two attached hydrogens (primary N) is 1. The van der Waals surface area contributed by atoms with Gasteiger partial charge < -0.3 is 15.9 Å². The number of phenols is 1. The maximum absolute atomic E-state index is 12.7. The molecule has 1 aromatic rings. The Morgan fingerprint density at radius 1 is 1.50 bits per heavy atom. The van der Waals surface area contributed by atoms with Gasteiger partial charge in [-0.1, -0.05) is 0 Å². The molecule has 0 unspecified atom stereocenters. The lowest BCUT2D eigenvalue weighted by Gasteiger charge is -2.06. The van der Waals surface area contributed by atoms with Gasteiger partial charge in [0.25, 0.3) is 0 Å². The summed E-state index contributed by atoms with van der Waals surface area (Å²) in [5.74, 6) is -2.01. The zero-order valence-corrected chi connectivity index (χ0v) is 7.27. The Labute approximate surface area is 79.8 Å². The van der Waals surface area contributed by atoms with Gasteiger partial charge in [-0.25, -0.2) is 4.39 Å². The van der Waals surface area contributed by atoms with Crippen molar-refractivity contribution >= 4 is 5.97 Å². The molecule has 4 nitrogen and oxygen atoms in total. The lowest BCUT2D eigenvalue weighted by Crippen LogP contribution is -2.32. The van der Waals surface area contributed by atoms with Crippen LogP contribution in [0.15, 0.2) is 18.2 Å². The van der Waals surface area contributed by atoms with Crippen LogP contribution >= 0.6 is 0 Å². The van der Waals surface area contributed by atoms with Gasteiger partial charge in [0.15, 0.2) is 0 Å². The van der Waals surface area contributed by atoms with E-state index >= 15 is 0 Å². The molecule has 1 rings (SSSR count). The van der Waals surface area contributed by atoms with Gasteiger partial charge in [-0.3, -0.25) is 4.79 Å². The van der Waals surface area contributed by atoms with Crippen LogP contribution in [0.2, 0.25) is 0 Å². The van der Waals surface area contributed by atoms with E-state index in [1.54, 1.807) is 0 Å². The highest BCUT2D eigenvalue weighted by molar-refractivity contribution is 5.73. The minimum absolute atomic E-state index is 0.0132. The van der Waals surface area contributed by atoms with Gasteiger partial charge in [-0.2, -0.15) is 0 Å². The van der Waals surface area contributed by atoms with E-state index in [2.05, 4.69) is 0 Å². The van der Waals surface area contributed by atoms with E-state index in [9.17, 15) is 9.18 Å². The highest BCUT2D eigenvalue weighted by Crippen LogP contribution is 2.15. The van der Waals surface area contributed by atoms with Crippen molar-refractivity contribution in [3.63, 3.8) is 0 Å². The third-order valence-electron chi connectivity index (χ3n) is 1.72. The molecule has 14 heavy (non-hydrogen) atoms. The van der Waals surface area contributed by atoms with E-state index in [4.69, 9.17) is 15.9 Å². The lowest BCUT2D eigenvalue weighted by molar-refractivity contribution is -0.138. The summed E-state index contributed by atoms with van der Waals surface area (Å²) in [7, 11) is 0. The molecule has 0 aliphatic heterocycles. The van der Waals surface area contributed by atoms with Gasteiger partial charge in [0.05, 0.1) is 0 Å². The molecule has 0 aromatic heterocycles. The Morgan fingerprint density at radius 3 is 2.64 bits per heavy atom. The molecule has 0 fully saturated rings. The summed E-state index contributed by atoms with van der Waals surface area (Å²) in [6.07, 6.45) is -0.0132. The Kier molecular flexibility index (Phi) is 3.03. The summed E-state index contributed by atoms with van der Waals surface area (Å²) < 4.78 is 12.7. The molecule has 0 bridgehead atoms. The molecule has 1 aromatic carbocycles. The van der Waals surface area contributed by atoms with Crippen LogP contribution in [0.25, 0.3) is 0 Å². The largest absolute Gasteiger partial charge is 0.508 e. The first kappa shape index (κ1) is 10.5. The molecule has 0 aliphatic rings. The minimum Gasteiger partial charge on any atom is -0.508 e. The maximum Gasteiger partial charge on any atom is 0.320 e. The van der Waals surface area contributed by atoms with E-state index in [0.29, 0.717) is 5.56 Å². The summed E-state index contributed by atoms with van der Waals surface area (Å²) >= 11 is 0. The highest BCUT2D eigenvalue weighted by atomic mass is 19.1. The number of aliphatic carboxylic acids is 1. The fourth-order valence-corrected chi connectivity index (χ4v) is 1.09. The molecule has 1 atom stereocenters. The SMILES string of the molecule is N[C@H](Cc1cc(O)cc(F)c1)C(=O)O. The Morgan fingerprint density at radius 2 is 2.14 bits per heavy atom. The Bertz CT molecular complexity index is 334. The number of aromatic hydroxyl groups is 1. The first-order valence-electron chi connectivity index (χ1n) is 3.96. The van der Waals surface area contributed by atoms with Crippen molar-refractivity contribution in [2.75, 3.05) is 0 Å². The van der Waals surface area contributed by atoms with Gasteiger partial charge in [-0.05, 0) is 24.1 Å². The van der Waals surface area contributed by atoms with Crippen molar-refractivity contribution in [1.29, 1.82) is 0 Å². The smallest absolute Gasteiger partial charge is 0.320 e. The molecule has 0 amide bonds. The molecule has 76 valence electrons. The predicted octanol–water partition coefficient (Wildman–Crippen LogP) is 0.486. The van der Waals surface area contributed by atoms with E-state index in [-0.39, 0.29) is 12.2 Å². The number of phenolic OH excluding ortho intramolecular Hbond substituents is 1. The van der Waals surface area contributed by atoms with E-state index in [0.717, 1.165) is 12.1 Å². The van der Waals surface area contributed by atoms with Crippen LogP contribution in [0, 0.1) is 5.82 Å². The summed E-state index contributed by atoms with van der Waals surface area (Å²) in [4.78, 5) is 10.4. The monoisotopic (exact) mass is 199 g/mol. The summed E-state index contributed by atoms with van der Waals surface area (Å²) in [6.45, 7) is 0. The van der Waals surface area contributed by atoms with E-state index in [1.165, 1.54) is 6.07 Å². The van der Waals surface area contributed by atoms with Gasteiger partial charge in [0.1, 0.15) is 17.6 Å². The van der Waals surface area contributed by atoms with Crippen LogP contribution in [-0.2, 0) is 11.2 Å². The Balaban J connectivity index is 2.81. The third kappa shape index (κ3) is 2.70. The number of rotatable bonds is 3. The van der Waals surface area contributed by atoms with Crippen LogP contribution in [0.3, 0.4) is 0 Å². The second-order valence-corrected chi connectivity index (χ2v) is 2.97. The maximum atomic E-state index is 12.7. The number of hydrogen-bond acceptors (Lipinski definition) is 3. The number of carbonyl (C=O) groups is 1. The molecule has 4 N–H and O–H groups in total. The fourth-order valence-electron chi connectivity index (χ4n) is 1.09. The second-order valence-electron chi connectivity index (χ2n) is 2.97. The molecular weight excluding hydrogens is 189 g/mol. The molecule has 0 radical (unpaired) electrons. The molecule has 0 spiro atoms. The zero-order valence-electron chi connectivity index (χ0n) is 7.27. The summed E-state index contributed by atoms with van der Waals surface area (Å²) in [5.41, 5.74) is 5.60. The average molecular weight is 199 g/mol. The lowest BCUT2D eigenvalue weighted by atomic mass is 10.1. The van der Waals surface area contributed by atoms with Crippen molar-refractivity contribution < 1.29 is 19.4 Å². The topological polar surface area (TPSA) is 83.5 Å². The predicted molar refractivity (Wildman–Crippen MR) is 47.4 cm³/mol. The van der Waals surface area contributed by atoms with Crippen LogP contribution in [0.1, 0.15) is 5.56 Å². The average Bonchev–Trinajstić information content (AvgIpc) is 2.01. The van der Waals surface area contributed by atoms with Crippen LogP contribution in [0.5, 0.6) is 5.75 Å². The van der Waals surface area contributed by atoms with Gasteiger partial charge in [0, 0.05) is 6.07 Å². The van der Waals surface area contributed by atoms with E-state index in [1.807, 2.05) is 0 Å². The number of carboxylic acid groups (broad SMARTS) is 1. The quantitative estimate of drug-likeness (QED) is 0.661. The van der Waals surface area contributed by atoms with Crippen molar-refractivity contribution in [2.45, 2.75) is 12.5 Å². The van der Waals surface area contributed by atoms with E-state index < -0.39 is 17.8 Å². The number of benzene rings is 1. The zero-order chi connectivity index (χ0) is 10.7. The molecule has 5 heteroatoms. The van der Waals surface area contributed by atoms with Crippen molar-refractivity contribution in [1.82, 2.24) is 0 Å². The van der Waals surface area contributed by atoms with Crippen molar-refractivity contribution in [3.05, 3.63) is 29.6 Å². The molecule has 0 saturated heterocycles. The second kappa shape index (κ2) is 4.06. The molecule has 0 aliphatic carbocycles. The normalized spacial score (nSPS) is 12.4. The fraction of sp³-hybridized carbons (Fsp3) is 0.222. The molecule has 0 saturated carbocycles. The van der Waals surface area contributed by atoms with Gasteiger partial charge in [0.2, 0.25) is 0 Å². The first-order valence-corrected chi connectivity index (χ1v) is 3.96. The van der Waals surface area contributed by atoms with Crippen LogP contribution < -0.4 is 5.73 Å². The van der Waals surface area contributed by atoms with Gasteiger partial charge >= 0.3 is 5.97 Å². The highest BCUT2D eigenvalue weighted by Gasteiger charge is 2.12. The number of carboxylic acids is 1. The minimum atomic E-state index is -1.16. The standard InChI is InChI=1S/C9H10FNO3/c10-6-1-5(2-7(12)4-6)3-8(11)9(13)14/h1-2,4,8,12H,3,11H2,(H,13,14)/t8-/m1/s1. The Hall–Kier alpha value is -1.62. The molecule has 0 heterocycles. The number of hydrogen-bond donors (Lipinski definition) is 3. The first-order chi connectivity index (χ1) is 6.49. The van der Waals surface area contributed by atoms with Crippen molar-refractivity contribution in [3.8, 4) is 5.75 Å². The summed E-state index contributed by atoms with van der Waals surface area (Å²) in [6, 6.07) is 2.28.